The first kappa shape index (κ1) is 18.8. The van der Waals surface area contributed by atoms with Gasteiger partial charge in [-0.1, -0.05) is 0 Å². The van der Waals surface area contributed by atoms with E-state index >= 15 is 0 Å². The monoisotopic (exact) mass is 384 g/mol. The second-order valence-electron chi connectivity index (χ2n) is 3.61. The average Bonchev–Trinajstić information content (AvgIpc) is 2.35. The van der Waals surface area contributed by atoms with Crippen molar-refractivity contribution in [3.63, 3.8) is 0 Å². The van der Waals surface area contributed by atoms with E-state index in [1.54, 1.807) is 0 Å². The zero-order chi connectivity index (χ0) is 17.8. The van der Waals surface area contributed by atoms with Crippen molar-refractivity contribution in [3.8, 4) is 11.5 Å². The average molecular weight is 385 g/mol. The lowest BCUT2D eigenvalue weighted by Crippen LogP contribution is -2.08. The summed E-state index contributed by atoms with van der Waals surface area (Å²) in [5.41, 5.74) is -1.40. The highest BCUT2D eigenvalue weighted by molar-refractivity contribution is 8.10. The smallest absolute Gasteiger partial charge is 0.368 e. The Hall–Kier alpha value is -2.27. The van der Waals surface area contributed by atoms with Crippen LogP contribution >= 0.6 is 10.7 Å². The Bertz CT molecular complexity index is 942. The van der Waals surface area contributed by atoms with Gasteiger partial charge in [-0.3, -0.25) is 4.55 Å². The summed E-state index contributed by atoms with van der Waals surface area (Å²) in [6.07, 6.45) is 2.07. The van der Waals surface area contributed by atoms with Gasteiger partial charge >= 0.3 is 19.7 Å². The predicted octanol–water partition coefficient (Wildman–Crippen LogP) is 0.974. The van der Waals surface area contributed by atoms with Crippen LogP contribution in [0, 0.1) is 6.92 Å². The molecule has 0 bridgehead atoms. The summed E-state index contributed by atoms with van der Waals surface area (Å²) in [6.45, 7) is 1.25. The van der Waals surface area contributed by atoms with Crippen LogP contribution in [0.15, 0.2) is 16.1 Å². The Labute approximate surface area is 133 Å². The highest BCUT2D eigenvalue weighted by Crippen LogP contribution is 2.47. The molecular formula is C9H5ClN2O9S2. The lowest BCUT2D eigenvalue weighted by molar-refractivity contribution is 0.387. The fraction of sp³-hybridized carbons (Fsp3) is 0.111. The predicted molar refractivity (Wildman–Crippen MR) is 74.3 cm³/mol. The third-order valence-corrected chi connectivity index (χ3v) is 3.02. The number of isocyanates is 2. The normalized spacial score (nSPS) is 11.1. The van der Waals surface area contributed by atoms with Gasteiger partial charge < -0.3 is 8.37 Å². The van der Waals surface area contributed by atoms with Crippen LogP contribution in [0.5, 0.6) is 11.5 Å². The largest absolute Gasteiger partial charge is 0.446 e. The molecule has 0 saturated carbocycles. The van der Waals surface area contributed by atoms with Crippen molar-refractivity contribution in [3.05, 3.63) is 11.6 Å². The van der Waals surface area contributed by atoms with Crippen LogP contribution in [0.1, 0.15) is 5.56 Å². The third-order valence-electron chi connectivity index (χ3n) is 2.08. The minimum Gasteiger partial charge on any atom is -0.368 e. The van der Waals surface area contributed by atoms with E-state index in [1.165, 1.54) is 6.92 Å². The molecule has 0 atom stereocenters. The van der Waals surface area contributed by atoms with E-state index in [2.05, 4.69) is 18.4 Å². The van der Waals surface area contributed by atoms with Crippen LogP contribution in [-0.4, -0.2) is 33.5 Å². The minimum absolute atomic E-state index is 0.0489. The molecular weight excluding hydrogens is 380 g/mol. The van der Waals surface area contributed by atoms with Gasteiger partial charge in [-0.15, -0.1) is 0 Å². The minimum atomic E-state index is -5.15. The third kappa shape index (κ3) is 5.45. The molecule has 0 aliphatic rings. The SMILES string of the molecule is Cc1cc(OS(=O)(=O)Cl)c(N=C=O)c(OS(=O)(=O)O)c1N=C=O. The van der Waals surface area contributed by atoms with E-state index in [4.69, 9.17) is 15.2 Å². The highest BCUT2D eigenvalue weighted by Gasteiger charge is 2.25. The molecule has 0 heterocycles. The summed E-state index contributed by atoms with van der Waals surface area (Å²) in [6, 6.07) is 0.920. The molecule has 0 aliphatic heterocycles. The number of hydrogen-bond donors (Lipinski definition) is 1. The summed E-state index contributed by atoms with van der Waals surface area (Å²) in [4.78, 5) is 27.0. The Morgan fingerprint density at radius 1 is 1.09 bits per heavy atom. The molecule has 0 unspecified atom stereocenters. The van der Waals surface area contributed by atoms with E-state index in [-0.39, 0.29) is 5.56 Å². The summed E-state index contributed by atoms with van der Waals surface area (Å²) < 4.78 is 61.0. The van der Waals surface area contributed by atoms with Gasteiger partial charge in [0.2, 0.25) is 17.9 Å². The molecule has 23 heavy (non-hydrogen) atoms. The standard InChI is InChI=1S/C9H5ClN2O9S2/c1-5-2-6(20-22(10,15)16)8(12-4-14)9(7(5)11-3-13)21-23(17,18)19/h2H,1H3,(H,17,18,19). The number of aryl methyl sites for hydroxylation is 1. The molecule has 11 nitrogen and oxygen atoms in total. The molecule has 0 amide bonds. The fourth-order valence-corrected chi connectivity index (χ4v) is 2.34. The summed E-state index contributed by atoms with van der Waals surface area (Å²) >= 11 is 0. The van der Waals surface area contributed by atoms with E-state index in [0.717, 1.165) is 18.2 Å². The topological polar surface area (TPSA) is 166 Å². The molecule has 1 aromatic carbocycles. The maximum atomic E-state index is 11.0. The van der Waals surface area contributed by atoms with Gasteiger partial charge in [0.1, 0.15) is 5.69 Å². The molecule has 14 heteroatoms. The molecule has 0 aliphatic carbocycles. The van der Waals surface area contributed by atoms with E-state index in [9.17, 15) is 26.4 Å². The number of halogens is 1. The lowest BCUT2D eigenvalue weighted by Gasteiger charge is -2.12. The van der Waals surface area contributed by atoms with Crippen LogP contribution in [0.25, 0.3) is 0 Å². The van der Waals surface area contributed by atoms with Crippen LogP contribution in [-0.2, 0) is 29.3 Å². The van der Waals surface area contributed by atoms with Crippen molar-refractivity contribution in [1.82, 2.24) is 0 Å². The zero-order valence-electron chi connectivity index (χ0n) is 10.9. The summed E-state index contributed by atoms with van der Waals surface area (Å²) in [5.74, 6) is -1.70. The van der Waals surface area contributed by atoms with E-state index in [0.29, 0.717) is 0 Å². The van der Waals surface area contributed by atoms with Gasteiger partial charge in [0, 0.05) is 0 Å². The van der Waals surface area contributed by atoms with Gasteiger partial charge in [0.05, 0.1) is 10.7 Å². The number of nitrogens with zero attached hydrogens (tertiary/aromatic N) is 2. The van der Waals surface area contributed by atoms with Crippen molar-refractivity contribution in [2.75, 3.05) is 0 Å². The fourth-order valence-electron chi connectivity index (χ4n) is 1.43. The number of aliphatic imine (C=N–C) groups is 2. The second-order valence-corrected chi connectivity index (χ2v) is 6.72. The first-order valence-electron chi connectivity index (χ1n) is 5.13. The molecule has 0 radical (unpaired) electrons. The van der Waals surface area contributed by atoms with Gasteiger partial charge in [0.15, 0.2) is 11.4 Å². The van der Waals surface area contributed by atoms with E-state index in [1.807, 2.05) is 0 Å². The van der Waals surface area contributed by atoms with Crippen molar-refractivity contribution in [1.29, 1.82) is 0 Å². The zero-order valence-corrected chi connectivity index (χ0v) is 13.3. The van der Waals surface area contributed by atoms with Crippen molar-refractivity contribution in [2.24, 2.45) is 9.98 Å². The van der Waals surface area contributed by atoms with Gasteiger partial charge in [-0.2, -0.15) is 26.8 Å². The summed E-state index contributed by atoms with van der Waals surface area (Å²) in [5, 5.41) is 0. The Morgan fingerprint density at radius 3 is 2.04 bits per heavy atom. The highest BCUT2D eigenvalue weighted by atomic mass is 35.7. The maximum absolute atomic E-state index is 11.0. The van der Waals surface area contributed by atoms with Crippen LogP contribution < -0.4 is 8.37 Å². The molecule has 0 aromatic heterocycles. The lowest BCUT2D eigenvalue weighted by atomic mass is 10.1. The molecule has 0 saturated heterocycles. The maximum Gasteiger partial charge on any atom is 0.446 e. The molecule has 1 N–H and O–H groups in total. The molecule has 0 fully saturated rings. The van der Waals surface area contributed by atoms with Crippen LogP contribution in [0.3, 0.4) is 0 Å². The van der Waals surface area contributed by atoms with Crippen molar-refractivity contribution in [2.45, 2.75) is 6.92 Å². The van der Waals surface area contributed by atoms with Crippen LogP contribution in [0.4, 0.5) is 11.4 Å². The first-order chi connectivity index (χ1) is 10.5. The van der Waals surface area contributed by atoms with Crippen LogP contribution in [0.2, 0.25) is 0 Å². The van der Waals surface area contributed by atoms with E-state index < -0.39 is 42.6 Å². The summed E-state index contributed by atoms with van der Waals surface area (Å²) in [7, 11) is -4.87. The van der Waals surface area contributed by atoms with Gasteiger partial charge in [-0.05, 0) is 18.6 Å². The number of benzene rings is 1. The Morgan fingerprint density at radius 2 is 1.61 bits per heavy atom. The number of rotatable bonds is 6. The first-order valence-corrected chi connectivity index (χ1v) is 8.72. The van der Waals surface area contributed by atoms with Crippen molar-refractivity contribution >= 4 is 53.9 Å². The number of hydrogen-bond acceptors (Lipinski definition) is 10. The molecule has 0 spiro atoms. The molecule has 1 aromatic rings. The van der Waals surface area contributed by atoms with Gasteiger partial charge in [-0.25, -0.2) is 9.59 Å². The van der Waals surface area contributed by atoms with Crippen molar-refractivity contribution < 1.29 is 39.3 Å². The quantitative estimate of drug-likeness (QED) is 0.325. The van der Waals surface area contributed by atoms with Gasteiger partial charge in [0.25, 0.3) is 0 Å². The second kappa shape index (κ2) is 6.87. The molecule has 1 rings (SSSR count). The Balaban J connectivity index is 3.89. The Kier molecular flexibility index (Phi) is 5.61. The molecule has 124 valence electrons. The number of carbonyl (C=O) groups excluding carboxylic acids is 2.